The Kier molecular flexibility index (Phi) is 5.65. The third-order valence-electron chi connectivity index (χ3n) is 4.47. The van der Waals surface area contributed by atoms with E-state index in [9.17, 15) is 10.1 Å². The van der Waals surface area contributed by atoms with Gasteiger partial charge in [0, 0.05) is 22.7 Å². The zero-order valence-corrected chi connectivity index (χ0v) is 17.0. The van der Waals surface area contributed by atoms with E-state index in [-0.39, 0.29) is 11.4 Å². The first-order chi connectivity index (χ1) is 13.8. The van der Waals surface area contributed by atoms with Crippen LogP contribution in [-0.4, -0.2) is 22.7 Å². The summed E-state index contributed by atoms with van der Waals surface area (Å²) in [7, 11) is 1.62. The van der Waals surface area contributed by atoms with Crippen molar-refractivity contribution in [1.29, 1.82) is 5.26 Å². The van der Waals surface area contributed by atoms with Gasteiger partial charge in [0.05, 0.1) is 24.1 Å². The van der Waals surface area contributed by atoms with Crippen molar-refractivity contribution >= 4 is 11.9 Å². The first kappa shape index (κ1) is 20.1. The number of carbonyl (C=O) groups is 1. The molecule has 3 rings (SSSR count). The SMILES string of the molecule is COc1ccc(-c2nn(-c3ccccc3)cc2/C=C(\C#N)C(=O)C(C)(C)C)cc1. The van der Waals surface area contributed by atoms with Crippen molar-refractivity contribution in [1.82, 2.24) is 9.78 Å². The van der Waals surface area contributed by atoms with E-state index in [2.05, 4.69) is 6.07 Å². The van der Waals surface area contributed by atoms with E-state index in [1.165, 1.54) is 0 Å². The molecule has 0 amide bonds. The molecule has 0 saturated heterocycles. The normalized spacial score (nSPS) is 11.8. The summed E-state index contributed by atoms with van der Waals surface area (Å²) in [5.74, 6) is 0.544. The Balaban J connectivity index is 2.16. The topological polar surface area (TPSA) is 67.9 Å². The number of benzene rings is 2. The van der Waals surface area contributed by atoms with Crippen LogP contribution in [0.25, 0.3) is 23.0 Å². The molecule has 2 aromatic carbocycles. The van der Waals surface area contributed by atoms with E-state index in [0.29, 0.717) is 11.3 Å². The second-order valence-corrected chi connectivity index (χ2v) is 7.69. The molecule has 0 aliphatic rings. The smallest absolute Gasteiger partial charge is 0.178 e. The molecule has 0 spiro atoms. The Morgan fingerprint density at radius 1 is 1.10 bits per heavy atom. The summed E-state index contributed by atoms with van der Waals surface area (Å²) in [4.78, 5) is 12.7. The molecule has 146 valence electrons. The number of allylic oxidation sites excluding steroid dienone is 1. The lowest BCUT2D eigenvalue weighted by Crippen LogP contribution is -2.21. The molecule has 5 heteroatoms. The first-order valence-electron chi connectivity index (χ1n) is 9.29. The number of carbonyl (C=O) groups excluding carboxylic acids is 1. The highest BCUT2D eigenvalue weighted by Gasteiger charge is 2.25. The predicted molar refractivity (Wildman–Crippen MR) is 114 cm³/mol. The fraction of sp³-hybridized carbons (Fsp3) is 0.208. The summed E-state index contributed by atoms with van der Waals surface area (Å²) in [6, 6.07) is 19.3. The largest absolute Gasteiger partial charge is 0.497 e. The molecule has 29 heavy (non-hydrogen) atoms. The van der Waals surface area contributed by atoms with Gasteiger partial charge < -0.3 is 4.74 Å². The minimum atomic E-state index is -0.642. The van der Waals surface area contributed by atoms with E-state index in [1.807, 2.05) is 60.8 Å². The summed E-state index contributed by atoms with van der Waals surface area (Å²) >= 11 is 0. The summed E-state index contributed by atoms with van der Waals surface area (Å²) in [6.07, 6.45) is 3.46. The fourth-order valence-electron chi connectivity index (χ4n) is 2.89. The molecule has 0 fully saturated rings. The van der Waals surface area contributed by atoms with Gasteiger partial charge in [-0.05, 0) is 42.5 Å². The van der Waals surface area contributed by atoms with Crippen LogP contribution in [-0.2, 0) is 4.79 Å². The van der Waals surface area contributed by atoms with Gasteiger partial charge in [-0.1, -0.05) is 39.0 Å². The second kappa shape index (κ2) is 8.15. The van der Waals surface area contributed by atoms with Gasteiger partial charge >= 0.3 is 0 Å². The summed E-state index contributed by atoms with van der Waals surface area (Å²) in [5, 5.41) is 14.3. The summed E-state index contributed by atoms with van der Waals surface area (Å²) < 4.78 is 6.99. The van der Waals surface area contributed by atoms with Gasteiger partial charge in [-0.15, -0.1) is 0 Å². The molecular formula is C24H23N3O2. The standard InChI is InChI=1S/C24H23N3O2/c1-24(2,3)23(28)18(15-25)14-19-16-27(20-8-6-5-7-9-20)26-22(19)17-10-12-21(29-4)13-11-17/h5-14,16H,1-4H3/b18-14+. The number of rotatable bonds is 5. The van der Waals surface area contributed by atoms with E-state index in [1.54, 1.807) is 38.6 Å². The average molecular weight is 385 g/mol. The highest BCUT2D eigenvalue weighted by atomic mass is 16.5. The molecule has 1 aromatic heterocycles. The number of Topliss-reactive ketones (excluding diaryl/α,β-unsaturated/α-hetero) is 1. The van der Waals surface area contributed by atoms with Crippen LogP contribution in [0.5, 0.6) is 5.75 Å². The molecule has 0 N–H and O–H groups in total. The lowest BCUT2D eigenvalue weighted by molar-refractivity contribution is -0.121. The number of ketones is 1. The molecule has 5 nitrogen and oxygen atoms in total. The maximum absolute atomic E-state index is 12.7. The molecule has 0 saturated carbocycles. The number of nitrogens with zero attached hydrogens (tertiary/aromatic N) is 3. The average Bonchev–Trinajstić information content (AvgIpc) is 3.15. The van der Waals surface area contributed by atoms with Gasteiger partial charge in [-0.3, -0.25) is 4.79 Å². The number of ether oxygens (including phenoxy) is 1. The van der Waals surface area contributed by atoms with E-state index >= 15 is 0 Å². The van der Waals surface area contributed by atoms with Gasteiger partial charge in [0.25, 0.3) is 0 Å². The predicted octanol–water partition coefficient (Wildman–Crippen LogP) is 5.07. The second-order valence-electron chi connectivity index (χ2n) is 7.69. The van der Waals surface area contributed by atoms with Crippen LogP contribution in [0.1, 0.15) is 26.3 Å². The van der Waals surface area contributed by atoms with Crippen molar-refractivity contribution in [3.63, 3.8) is 0 Å². The Bertz CT molecular complexity index is 1080. The van der Waals surface area contributed by atoms with Gasteiger partial charge in [0.1, 0.15) is 11.8 Å². The third-order valence-corrected chi connectivity index (χ3v) is 4.47. The lowest BCUT2D eigenvalue weighted by atomic mass is 9.86. The monoisotopic (exact) mass is 385 g/mol. The molecule has 0 atom stereocenters. The minimum Gasteiger partial charge on any atom is -0.497 e. The Labute approximate surface area is 170 Å². The Hall–Kier alpha value is -3.65. The number of aromatic nitrogens is 2. The van der Waals surface area contributed by atoms with Crippen molar-refractivity contribution in [2.24, 2.45) is 5.41 Å². The zero-order valence-electron chi connectivity index (χ0n) is 17.0. The third kappa shape index (κ3) is 4.44. The fourth-order valence-corrected chi connectivity index (χ4v) is 2.89. The van der Waals surface area contributed by atoms with Crippen LogP contribution in [0, 0.1) is 16.7 Å². The van der Waals surface area contributed by atoms with E-state index in [4.69, 9.17) is 9.84 Å². The Morgan fingerprint density at radius 3 is 2.31 bits per heavy atom. The van der Waals surface area contributed by atoms with Crippen LogP contribution in [0.2, 0.25) is 0 Å². The van der Waals surface area contributed by atoms with Gasteiger partial charge in [0.2, 0.25) is 0 Å². The minimum absolute atomic E-state index is 0.111. The molecule has 0 unspecified atom stereocenters. The van der Waals surface area contributed by atoms with Crippen LogP contribution in [0.4, 0.5) is 0 Å². The van der Waals surface area contributed by atoms with Gasteiger partial charge in [-0.2, -0.15) is 10.4 Å². The van der Waals surface area contributed by atoms with Crippen molar-refractivity contribution < 1.29 is 9.53 Å². The molecule has 0 aliphatic heterocycles. The number of nitriles is 1. The molecule has 0 bridgehead atoms. The molecular weight excluding hydrogens is 362 g/mol. The van der Waals surface area contributed by atoms with E-state index in [0.717, 1.165) is 17.0 Å². The molecule has 0 aliphatic carbocycles. The van der Waals surface area contributed by atoms with Crippen molar-refractivity contribution in [2.75, 3.05) is 7.11 Å². The number of para-hydroxylation sites is 1. The Morgan fingerprint density at radius 2 is 1.76 bits per heavy atom. The van der Waals surface area contributed by atoms with Crippen molar-refractivity contribution in [3.8, 4) is 28.8 Å². The number of methoxy groups -OCH3 is 1. The van der Waals surface area contributed by atoms with Crippen LogP contribution >= 0.6 is 0 Å². The summed E-state index contributed by atoms with van der Waals surface area (Å²) in [6.45, 7) is 5.41. The molecule has 0 radical (unpaired) electrons. The number of hydrogen-bond donors (Lipinski definition) is 0. The lowest BCUT2D eigenvalue weighted by Gasteiger charge is -2.15. The maximum atomic E-state index is 12.7. The molecule has 3 aromatic rings. The van der Waals surface area contributed by atoms with Crippen LogP contribution in [0.15, 0.2) is 66.4 Å². The van der Waals surface area contributed by atoms with E-state index < -0.39 is 5.41 Å². The number of hydrogen-bond acceptors (Lipinski definition) is 4. The highest BCUT2D eigenvalue weighted by Crippen LogP contribution is 2.29. The maximum Gasteiger partial charge on any atom is 0.178 e. The van der Waals surface area contributed by atoms with Gasteiger partial charge in [0.15, 0.2) is 5.78 Å². The zero-order chi connectivity index (χ0) is 21.0. The molecule has 1 heterocycles. The van der Waals surface area contributed by atoms with Crippen LogP contribution in [0.3, 0.4) is 0 Å². The summed E-state index contributed by atoms with van der Waals surface area (Å²) in [5.41, 5.74) is 2.62. The van der Waals surface area contributed by atoms with Gasteiger partial charge in [-0.25, -0.2) is 4.68 Å². The first-order valence-corrected chi connectivity index (χ1v) is 9.29. The van der Waals surface area contributed by atoms with Crippen LogP contribution < -0.4 is 4.74 Å². The highest BCUT2D eigenvalue weighted by molar-refractivity contribution is 6.06. The quantitative estimate of drug-likeness (QED) is 0.454. The van der Waals surface area contributed by atoms with Crippen molar-refractivity contribution in [3.05, 3.63) is 71.9 Å². The van der Waals surface area contributed by atoms with Crippen molar-refractivity contribution in [2.45, 2.75) is 20.8 Å².